The van der Waals surface area contributed by atoms with E-state index in [0.717, 1.165) is 5.69 Å². The zero-order valence-corrected chi connectivity index (χ0v) is 10.3. The summed E-state index contributed by atoms with van der Waals surface area (Å²) in [5, 5.41) is 2.74. The Morgan fingerprint density at radius 1 is 1.22 bits per heavy atom. The quantitative estimate of drug-likeness (QED) is 0.891. The number of amides is 1. The Hall–Kier alpha value is -2.43. The minimum Gasteiger partial charge on any atom is -0.378 e. The van der Waals surface area contributed by atoms with Gasteiger partial charge in [0.1, 0.15) is 6.33 Å². The highest BCUT2D eigenvalue weighted by atomic mass is 16.1. The van der Waals surface area contributed by atoms with Crippen LogP contribution in [0.3, 0.4) is 0 Å². The lowest BCUT2D eigenvalue weighted by molar-refractivity contribution is 0.102. The number of nitrogens with one attached hydrogen (secondary N) is 1. The van der Waals surface area contributed by atoms with Crippen LogP contribution in [0.4, 0.5) is 11.4 Å². The van der Waals surface area contributed by atoms with Crippen molar-refractivity contribution >= 4 is 17.3 Å². The van der Waals surface area contributed by atoms with Crippen molar-refractivity contribution < 1.29 is 4.79 Å². The summed E-state index contributed by atoms with van der Waals surface area (Å²) in [7, 11) is 3.87. The lowest BCUT2D eigenvalue weighted by atomic mass is 10.2. The van der Waals surface area contributed by atoms with E-state index < -0.39 is 0 Å². The van der Waals surface area contributed by atoms with Crippen molar-refractivity contribution in [1.82, 2.24) is 9.97 Å². The summed E-state index contributed by atoms with van der Waals surface area (Å²) in [4.78, 5) is 21.6. The molecule has 2 rings (SSSR count). The smallest absolute Gasteiger partial charge is 0.255 e. The molecule has 1 amide bonds. The Kier molecular flexibility index (Phi) is 3.52. The fourth-order valence-electron chi connectivity index (χ4n) is 1.49. The Morgan fingerprint density at radius 2 is 1.94 bits per heavy atom. The van der Waals surface area contributed by atoms with Crippen LogP contribution in [0.1, 0.15) is 10.4 Å². The topological polar surface area (TPSA) is 58.1 Å². The van der Waals surface area contributed by atoms with Crippen LogP contribution in [0, 0.1) is 0 Å². The number of benzene rings is 1. The third kappa shape index (κ3) is 2.82. The zero-order chi connectivity index (χ0) is 13.0. The van der Waals surface area contributed by atoms with Crippen molar-refractivity contribution in [2.24, 2.45) is 0 Å². The Bertz CT molecular complexity index is 540. The minimum absolute atomic E-state index is 0.173. The first-order valence-corrected chi connectivity index (χ1v) is 5.50. The first-order chi connectivity index (χ1) is 8.66. The number of carbonyl (C=O) groups is 1. The van der Waals surface area contributed by atoms with Gasteiger partial charge in [-0.2, -0.15) is 0 Å². The fraction of sp³-hybridized carbons (Fsp3) is 0.154. The van der Waals surface area contributed by atoms with Crippen LogP contribution in [0.25, 0.3) is 0 Å². The fourth-order valence-corrected chi connectivity index (χ4v) is 1.49. The molecular formula is C13H14N4O. The minimum atomic E-state index is -0.173. The molecule has 0 radical (unpaired) electrons. The maximum atomic E-state index is 12.0. The summed E-state index contributed by atoms with van der Waals surface area (Å²) in [6.45, 7) is 0. The van der Waals surface area contributed by atoms with Gasteiger partial charge in [-0.3, -0.25) is 4.79 Å². The first kappa shape index (κ1) is 12.0. The van der Waals surface area contributed by atoms with Crippen LogP contribution >= 0.6 is 0 Å². The van der Waals surface area contributed by atoms with E-state index in [1.807, 2.05) is 37.2 Å². The summed E-state index contributed by atoms with van der Waals surface area (Å²) in [6.07, 6.45) is 4.53. The second kappa shape index (κ2) is 5.27. The van der Waals surface area contributed by atoms with Crippen LogP contribution in [0.2, 0.25) is 0 Å². The molecule has 1 heterocycles. The van der Waals surface area contributed by atoms with E-state index in [0.29, 0.717) is 11.3 Å². The van der Waals surface area contributed by atoms with Crippen LogP contribution in [0.15, 0.2) is 43.0 Å². The molecule has 18 heavy (non-hydrogen) atoms. The van der Waals surface area contributed by atoms with Gasteiger partial charge in [-0.1, -0.05) is 6.07 Å². The van der Waals surface area contributed by atoms with E-state index in [2.05, 4.69) is 15.3 Å². The average Bonchev–Trinajstić information content (AvgIpc) is 2.40. The van der Waals surface area contributed by atoms with Gasteiger partial charge in [0.2, 0.25) is 0 Å². The number of nitrogens with zero attached hydrogens (tertiary/aromatic N) is 3. The molecule has 5 nitrogen and oxygen atoms in total. The number of rotatable bonds is 3. The molecule has 0 saturated heterocycles. The van der Waals surface area contributed by atoms with Crippen LogP contribution < -0.4 is 10.2 Å². The van der Waals surface area contributed by atoms with Crippen molar-refractivity contribution in [1.29, 1.82) is 0 Å². The summed E-state index contributed by atoms with van der Waals surface area (Å²) in [6, 6.07) is 7.40. The monoisotopic (exact) mass is 242 g/mol. The maximum Gasteiger partial charge on any atom is 0.255 e. The van der Waals surface area contributed by atoms with Gasteiger partial charge in [0, 0.05) is 25.3 Å². The largest absolute Gasteiger partial charge is 0.378 e. The van der Waals surface area contributed by atoms with Crippen LogP contribution in [0.5, 0.6) is 0 Å². The van der Waals surface area contributed by atoms with Gasteiger partial charge < -0.3 is 10.2 Å². The predicted octanol–water partition coefficient (Wildman–Crippen LogP) is 1.79. The van der Waals surface area contributed by atoms with E-state index in [1.165, 1.54) is 6.33 Å². The molecule has 0 aliphatic rings. The number of hydrogen-bond donors (Lipinski definition) is 1. The molecule has 0 fully saturated rings. The van der Waals surface area contributed by atoms with Crippen molar-refractivity contribution in [3.63, 3.8) is 0 Å². The third-order valence-electron chi connectivity index (χ3n) is 2.44. The molecule has 2 aromatic rings. The molecule has 0 unspecified atom stereocenters. The number of carbonyl (C=O) groups excluding carboxylic acids is 1. The molecule has 0 saturated carbocycles. The number of aromatic nitrogens is 2. The molecule has 5 heteroatoms. The molecule has 1 aromatic carbocycles. The van der Waals surface area contributed by atoms with Crippen molar-refractivity contribution in [3.8, 4) is 0 Å². The molecule has 0 aliphatic carbocycles. The normalized spacial score (nSPS) is 9.89. The van der Waals surface area contributed by atoms with Gasteiger partial charge in [0.25, 0.3) is 5.91 Å². The van der Waals surface area contributed by atoms with E-state index in [9.17, 15) is 4.79 Å². The van der Waals surface area contributed by atoms with Gasteiger partial charge >= 0.3 is 0 Å². The van der Waals surface area contributed by atoms with E-state index in [4.69, 9.17) is 0 Å². The molecule has 1 aromatic heterocycles. The average molecular weight is 242 g/mol. The van der Waals surface area contributed by atoms with Crippen molar-refractivity contribution in [2.45, 2.75) is 0 Å². The van der Waals surface area contributed by atoms with Crippen molar-refractivity contribution in [3.05, 3.63) is 48.5 Å². The standard InChI is InChI=1S/C13H14N4O/c1-17(2)12-5-3-4-10(6-12)13(18)16-11-7-14-9-15-8-11/h3-9H,1-2H3,(H,16,18). The van der Waals surface area contributed by atoms with Gasteiger partial charge in [0.05, 0.1) is 18.1 Å². The highest BCUT2D eigenvalue weighted by Gasteiger charge is 2.07. The van der Waals surface area contributed by atoms with Crippen LogP contribution in [-0.2, 0) is 0 Å². The second-order valence-corrected chi connectivity index (χ2v) is 4.03. The zero-order valence-electron chi connectivity index (χ0n) is 10.3. The summed E-state index contributed by atoms with van der Waals surface area (Å²) in [5.74, 6) is -0.173. The van der Waals surface area contributed by atoms with Crippen molar-refractivity contribution in [2.75, 3.05) is 24.3 Å². The first-order valence-electron chi connectivity index (χ1n) is 5.50. The van der Waals surface area contributed by atoms with E-state index in [-0.39, 0.29) is 5.91 Å². The van der Waals surface area contributed by atoms with Gasteiger partial charge in [0.15, 0.2) is 0 Å². The lowest BCUT2D eigenvalue weighted by Crippen LogP contribution is -2.14. The lowest BCUT2D eigenvalue weighted by Gasteiger charge is -2.13. The van der Waals surface area contributed by atoms with E-state index >= 15 is 0 Å². The van der Waals surface area contributed by atoms with Gasteiger partial charge in [-0.15, -0.1) is 0 Å². The second-order valence-electron chi connectivity index (χ2n) is 4.03. The Labute approximate surface area is 105 Å². The SMILES string of the molecule is CN(C)c1cccc(C(=O)Nc2cncnc2)c1. The molecule has 0 atom stereocenters. The highest BCUT2D eigenvalue weighted by Crippen LogP contribution is 2.14. The van der Waals surface area contributed by atoms with Crippen LogP contribution in [-0.4, -0.2) is 30.0 Å². The predicted molar refractivity (Wildman–Crippen MR) is 70.8 cm³/mol. The third-order valence-corrected chi connectivity index (χ3v) is 2.44. The summed E-state index contributed by atoms with van der Waals surface area (Å²) < 4.78 is 0. The molecule has 92 valence electrons. The molecule has 0 aliphatic heterocycles. The molecule has 0 spiro atoms. The number of anilines is 2. The molecular weight excluding hydrogens is 228 g/mol. The van der Waals surface area contributed by atoms with Gasteiger partial charge in [-0.05, 0) is 18.2 Å². The summed E-state index contributed by atoms with van der Waals surface area (Å²) in [5.41, 5.74) is 2.16. The summed E-state index contributed by atoms with van der Waals surface area (Å²) >= 11 is 0. The van der Waals surface area contributed by atoms with E-state index in [1.54, 1.807) is 18.5 Å². The molecule has 1 N–H and O–H groups in total. The Balaban J connectivity index is 2.16. The molecule has 0 bridgehead atoms. The maximum absolute atomic E-state index is 12.0. The highest BCUT2D eigenvalue weighted by molar-refractivity contribution is 6.04. The Morgan fingerprint density at radius 3 is 2.61 bits per heavy atom. The van der Waals surface area contributed by atoms with Gasteiger partial charge in [-0.25, -0.2) is 9.97 Å². The number of hydrogen-bond acceptors (Lipinski definition) is 4.